The number of amides is 2. The lowest BCUT2D eigenvalue weighted by Gasteiger charge is -2.34. The van der Waals surface area contributed by atoms with Gasteiger partial charge in [-0.3, -0.25) is 9.59 Å². The van der Waals surface area contributed by atoms with Gasteiger partial charge in [-0.25, -0.2) is 31.7 Å². The second-order valence-corrected chi connectivity index (χ2v) is 10.9. The smallest absolute Gasteiger partial charge is 0.276 e. The molecule has 0 aliphatic heterocycles. The van der Waals surface area contributed by atoms with E-state index in [9.17, 15) is 32.4 Å². The van der Waals surface area contributed by atoms with Crippen LogP contribution in [0, 0.1) is 30.1 Å². The Balaban J connectivity index is 1.37. The second kappa shape index (κ2) is 11.1. The monoisotopic (exact) mass is 576 g/mol. The maximum atomic E-state index is 13.9. The van der Waals surface area contributed by atoms with Gasteiger partial charge < -0.3 is 10.6 Å². The Labute approximate surface area is 231 Å². The van der Waals surface area contributed by atoms with Gasteiger partial charge in [0.15, 0.2) is 11.3 Å². The van der Waals surface area contributed by atoms with Crippen LogP contribution < -0.4 is 10.6 Å². The molecule has 0 bridgehead atoms. The quantitative estimate of drug-likeness (QED) is 0.359. The lowest BCUT2D eigenvalue weighted by molar-refractivity contribution is -0.134. The van der Waals surface area contributed by atoms with Crippen molar-refractivity contribution in [3.8, 4) is 6.07 Å². The number of alkyl halides is 4. The lowest BCUT2D eigenvalue weighted by Crippen LogP contribution is -2.39. The van der Waals surface area contributed by atoms with E-state index in [1.807, 2.05) is 6.07 Å². The number of hydrogen-bond acceptors (Lipinski definition) is 8. The van der Waals surface area contributed by atoms with Gasteiger partial charge in [0.1, 0.15) is 5.69 Å². The molecule has 0 unspecified atom stereocenters. The van der Waals surface area contributed by atoms with Crippen molar-refractivity contribution in [2.24, 2.45) is 11.8 Å². The number of halogens is 4. The minimum Gasteiger partial charge on any atom is -0.348 e. The summed E-state index contributed by atoms with van der Waals surface area (Å²) in [6.45, 7) is 1.55. The number of imidazole rings is 1. The van der Waals surface area contributed by atoms with E-state index >= 15 is 0 Å². The first-order valence-corrected chi connectivity index (χ1v) is 13.3. The van der Waals surface area contributed by atoms with Crippen molar-refractivity contribution in [3.63, 3.8) is 0 Å². The Bertz CT molecular complexity index is 1460. The van der Waals surface area contributed by atoms with Gasteiger partial charge in [-0.1, -0.05) is 5.16 Å². The number of aromatic nitrogens is 5. The predicted octanol–water partition coefficient (Wildman–Crippen LogP) is 4.22. The number of rotatable bonds is 9. The highest BCUT2D eigenvalue weighted by Crippen LogP contribution is 2.44. The van der Waals surface area contributed by atoms with Gasteiger partial charge in [0, 0.05) is 32.1 Å². The van der Waals surface area contributed by atoms with E-state index < -0.39 is 41.7 Å². The van der Waals surface area contributed by atoms with Crippen LogP contribution in [0.1, 0.15) is 90.9 Å². The summed E-state index contributed by atoms with van der Waals surface area (Å²) in [5.41, 5.74) is 1.45. The van der Waals surface area contributed by atoms with Crippen LogP contribution in [0.5, 0.6) is 0 Å². The fourth-order valence-corrected chi connectivity index (χ4v) is 5.51. The van der Waals surface area contributed by atoms with Crippen molar-refractivity contribution < 1.29 is 31.8 Å². The molecule has 3 aromatic heterocycles. The normalized spacial score (nSPS) is 20.1. The number of carbonyl (C=O) groups excluding carboxylic acids is 2. The molecule has 41 heavy (non-hydrogen) atoms. The SMILES string of the molecule is Cc1nonc1C(=O)N[C@H](c1cn2ncc([C@H](CC#N)NC(=O)CC3CC(F)(F)C3)cc2n1)C1CCC(F)(F)CC1. The van der Waals surface area contributed by atoms with E-state index in [4.69, 9.17) is 0 Å². The average Bonchev–Trinajstić information content (AvgIpc) is 3.51. The first kappa shape index (κ1) is 28.4. The molecule has 2 saturated carbocycles. The molecule has 2 aliphatic carbocycles. The Hall–Kier alpha value is -4.09. The maximum Gasteiger partial charge on any atom is 0.276 e. The fourth-order valence-electron chi connectivity index (χ4n) is 5.51. The average molecular weight is 577 g/mol. The Kier molecular flexibility index (Phi) is 7.67. The molecule has 218 valence electrons. The highest BCUT2D eigenvalue weighted by molar-refractivity contribution is 5.93. The molecule has 0 saturated heterocycles. The van der Waals surface area contributed by atoms with Crippen LogP contribution in [0.3, 0.4) is 0 Å². The Morgan fingerprint density at radius 1 is 1.17 bits per heavy atom. The summed E-state index contributed by atoms with van der Waals surface area (Å²) >= 11 is 0. The number of carbonyl (C=O) groups is 2. The van der Waals surface area contributed by atoms with Gasteiger partial charge in [0.2, 0.25) is 17.8 Å². The summed E-state index contributed by atoms with van der Waals surface area (Å²) in [6.07, 6.45) is 1.88. The number of fused-ring (bicyclic) bond motifs is 1. The predicted molar refractivity (Wildman–Crippen MR) is 133 cm³/mol. The van der Waals surface area contributed by atoms with Crippen LogP contribution in [-0.4, -0.2) is 48.6 Å². The third-order valence-electron chi connectivity index (χ3n) is 7.75. The van der Waals surface area contributed by atoms with Crippen molar-refractivity contribution in [1.29, 1.82) is 5.26 Å². The zero-order chi connectivity index (χ0) is 29.4. The molecule has 2 atom stereocenters. The van der Waals surface area contributed by atoms with Crippen LogP contribution in [0.2, 0.25) is 0 Å². The first-order chi connectivity index (χ1) is 19.4. The molecule has 2 fully saturated rings. The molecule has 15 heteroatoms. The number of hydrogen-bond donors (Lipinski definition) is 2. The van der Waals surface area contributed by atoms with Crippen molar-refractivity contribution in [1.82, 2.24) is 35.5 Å². The number of aryl methyl sites for hydroxylation is 1. The van der Waals surface area contributed by atoms with E-state index in [1.165, 1.54) is 10.7 Å². The van der Waals surface area contributed by atoms with Gasteiger partial charge in [0.25, 0.3) is 5.91 Å². The number of nitrogens with zero attached hydrogens (tertiary/aromatic N) is 6. The number of nitriles is 1. The molecule has 2 aliphatic rings. The first-order valence-electron chi connectivity index (χ1n) is 13.3. The molecule has 3 aromatic rings. The van der Waals surface area contributed by atoms with E-state index in [0.717, 1.165) is 0 Å². The van der Waals surface area contributed by atoms with Gasteiger partial charge >= 0.3 is 0 Å². The van der Waals surface area contributed by atoms with Crippen molar-refractivity contribution in [2.45, 2.75) is 82.2 Å². The standard InChI is InChI=1S/C26H28F4N8O3/c1-14-22(37-41-36-14)24(40)35-23(16-2-5-25(27,28)6-3-16)19-13-38-20(33-19)9-17(12-32-38)18(4-7-31)34-21(39)8-15-10-26(29,30)11-15/h9,12-13,15-16,18,23H,2-6,8,10-11H2,1H3,(H,34,39)(H,35,40)/t18-,23-/m0/s1. The zero-order valence-corrected chi connectivity index (χ0v) is 22.1. The summed E-state index contributed by atoms with van der Waals surface area (Å²) in [5.74, 6) is -7.28. The summed E-state index contributed by atoms with van der Waals surface area (Å²) in [4.78, 5) is 30.1. The van der Waals surface area contributed by atoms with E-state index in [2.05, 4.69) is 35.7 Å². The van der Waals surface area contributed by atoms with E-state index in [1.54, 1.807) is 19.2 Å². The van der Waals surface area contributed by atoms with Gasteiger partial charge in [0.05, 0.1) is 42.7 Å². The minimum absolute atomic E-state index is 0.0268. The summed E-state index contributed by atoms with van der Waals surface area (Å²) in [5, 5.41) is 26.5. The van der Waals surface area contributed by atoms with Gasteiger partial charge in [-0.05, 0) is 48.4 Å². The summed E-state index contributed by atoms with van der Waals surface area (Å²) in [6, 6.07) is 2.14. The molecular weight excluding hydrogens is 548 g/mol. The fraction of sp³-hybridized carbons (Fsp3) is 0.577. The third-order valence-corrected chi connectivity index (χ3v) is 7.75. The molecule has 3 heterocycles. The van der Waals surface area contributed by atoms with Crippen LogP contribution in [0.4, 0.5) is 17.6 Å². The Morgan fingerprint density at radius 3 is 2.54 bits per heavy atom. The van der Waals surface area contributed by atoms with Crippen molar-refractivity contribution in [3.05, 3.63) is 41.1 Å². The van der Waals surface area contributed by atoms with Crippen LogP contribution >= 0.6 is 0 Å². The number of nitrogens with one attached hydrogen (secondary N) is 2. The Morgan fingerprint density at radius 2 is 1.90 bits per heavy atom. The summed E-state index contributed by atoms with van der Waals surface area (Å²) < 4.78 is 60.2. The van der Waals surface area contributed by atoms with Crippen molar-refractivity contribution in [2.75, 3.05) is 0 Å². The van der Waals surface area contributed by atoms with Crippen LogP contribution in [0.25, 0.3) is 5.65 Å². The van der Waals surface area contributed by atoms with E-state index in [-0.39, 0.29) is 68.7 Å². The molecular formula is C26H28F4N8O3. The minimum atomic E-state index is -2.77. The summed E-state index contributed by atoms with van der Waals surface area (Å²) in [7, 11) is 0. The lowest BCUT2D eigenvalue weighted by atomic mass is 9.79. The maximum absolute atomic E-state index is 13.9. The second-order valence-electron chi connectivity index (χ2n) is 10.9. The van der Waals surface area contributed by atoms with Gasteiger partial charge in [-0.15, -0.1) is 0 Å². The molecule has 5 rings (SSSR count). The molecule has 0 aromatic carbocycles. The highest BCUT2D eigenvalue weighted by Gasteiger charge is 2.46. The van der Waals surface area contributed by atoms with Crippen LogP contribution in [0.15, 0.2) is 23.1 Å². The largest absolute Gasteiger partial charge is 0.348 e. The van der Waals surface area contributed by atoms with Gasteiger partial charge in [-0.2, -0.15) is 10.4 Å². The molecule has 2 N–H and O–H groups in total. The molecule has 11 nitrogen and oxygen atoms in total. The molecule has 0 radical (unpaired) electrons. The zero-order valence-electron chi connectivity index (χ0n) is 22.1. The molecule has 0 spiro atoms. The van der Waals surface area contributed by atoms with Crippen LogP contribution in [-0.2, 0) is 4.79 Å². The third kappa shape index (κ3) is 6.47. The molecule has 2 amide bonds. The topological polar surface area (TPSA) is 151 Å². The highest BCUT2D eigenvalue weighted by atomic mass is 19.3. The van der Waals surface area contributed by atoms with Crippen molar-refractivity contribution >= 4 is 17.5 Å². The van der Waals surface area contributed by atoms with E-state index in [0.29, 0.717) is 16.9 Å².